The normalized spacial score (nSPS) is 11.6. The van der Waals surface area contributed by atoms with E-state index in [9.17, 15) is 14.4 Å². The second-order valence-corrected chi connectivity index (χ2v) is 6.70. The van der Waals surface area contributed by atoms with Crippen molar-refractivity contribution in [2.75, 3.05) is 6.61 Å². The lowest BCUT2D eigenvalue weighted by Gasteiger charge is -2.15. The summed E-state index contributed by atoms with van der Waals surface area (Å²) in [5, 5.41) is 0. The molecule has 0 aromatic heterocycles. The van der Waals surface area contributed by atoms with Gasteiger partial charge in [0.2, 0.25) is 0 Å². The number of benzene rings is 2. The summed E-state index contributed by atoms with van der Waals surface area (Å²) in [4.78, 5) is 37.6. The van der Waals surface area contributed by atoms with Crippen molar-refractivity contribution in [2.45, 2.75) is 39.5 Å². The molecule has 27 heavy (non-hydrogen) atoms. The van der Waals surface area contributed by atoms with E-state index in [2.05, 4.69) is 0 Å². The third-order valence-electron chi connectivity index (χ3n) is 4.41. The fraction of sp³-hybridized carbons (Fsp3) is 0.348. The number of unbranched alkanes of at least 4 members (excludes halogenated alkanes) is 1. The van der Waals surface area contributed by atoms with Crippen molar-refractivity contribution >= 4 is 17.5 Å². The van der Waals surface area contributed by atoms with Crippen LogP contribution in [-0.2, 0) is 9.53 Å². The summed E-state index contributed by atoms with van der Waals surface area (Å²) in [6.07, 6.45) is 1.60. The minimum absolute atomic E-state index is 0.0351. The van der Waals surface area contributed by atoms with E-state index in [1.54, 1.807) is 36.4 Å². The van der Waals surface area contributed by atoms with Gasteiger partial charge in [-0.3, -0.25) is 14.4 Å². The zero-order chi connectivity index (χ0) is 19.6. The van der Waals surface area contributed by atoms with Crippen LogP contribution in [0.5, 0.6) is 0 Å². The highest BCUT2D eigenvalue weighted by Gasteiger charge is 2.27. The summed E-state index contributed by atoms with van der Waals surface area (Å²) in [5.41, 5.74) is 2.13. The lowest BCUT2D eigenvalue weighted by Crippen LogP contribution is -2.24. The molecule has 1 atom stereocenters. The van der Waals surface area contributed by atoms with Gasteiger partial charge < -0.3 is 4.74 Å². The number of Topliss-reactive ketones (excluding diaryl/α,β-unsaturated/α-hetero) is 2. The summed E-state index contributed by atoms with van der Waals surface area (Å²) in [6.45, 7) is 4.26. The monoisotopic (exact) mass is 366 g/mol. The van der Waals surface area contributed by atoms with Gasteiger partial charge in [-0.2, -0.15) is 0 Å². The lowest BCUT2D eigenvalue weighted by molar-refractivity contribution is -0.148. The average Bonchev–Trinajstić information content (AvgIpc) is 2.68. The molecule has 0 bridgehead atoms. The van der Waals surface area contributed by atoms with E-state index < -0.39 is 11.9 Å². The molecule has 0 aliphatic carbocycles. The van der Waals surface area contributed by atoms with Crippen molar-refractivity contribution in [3.05, 3.63) is 71.3 Å². The fourth-order valence-electron chi connectivity index (χ4n) is 2.72. The number of hydrogen-bond donors (Lipinski definition) is 0. The average molecular weight is 366 g/mol. The highest BCUT2D eigenvalue weighted by molar-refractivity contribution is 6.01. The van der Waals surface area contributed by atoms with Gasteiger partial charge in [-0.15, -0.1) is 0 Å². The van der Waals surface area contributed by atoms with Crippen LogP contribution in [0.3, 0.4) is 0 Å². The summed E-state index contributed by atoms with van der Waals surface area (Å²) >= 11 is 0. The number of esters is 1. The molecule has 2 aromatic rings. The molecule has 0 radical (unpaired) electrons. The molecule has 0 N–H and O–H groups in total. The molecule has 0 spiro atoms. The van der Waals surface area contributed by atoms with Crippen LogP contribution in [-0.4, -0.2) is 24.1 Å². The van der Waals surface area contributed by atoms with Gasteiger partial charge in [-0.1, -0.05) is 73.5 Å². The summed E-state index contributed by atoms with van der Waals surface area (Å²) < 4.78 is 5.29. The van der Waals surface area contributed by atoms with E-state index in [4.69, 9.17) is 4.74 Å². The zero-order valence-corrected chi connectivity index (χ0v) is 15.9. The standard InChI is InChI=1S/C23H26O4/c1-3-4-14-27-23(26)20(15-21(24)18-8-6-5-7-9-18)16-22(25)19-12-10-17(2)11-13-19/h5-13,20H,3-4,14-16H2,1-2H3. The van der Waals surface area contributed by atoms with E-state index in [1.165, 1.54) is 0 Å². The Kier molecular flexibility index (Phi) is 7.93. The van der Waals surface area contributed by atoms with E-state index in [-0.39, 0.29) is 24.4 Å². The lowest BCUT2D eigenvalue weighted by atomic mass is 9.91. The molecule has 2 rings (SSSR count). The Morgan fingerprint density at radius 3 is 1.96 bits per heavy atom. The summed E-state index contributed by atoms with van der Waals surface area (Å²) in [7, 11) is 0. The molecule has 1 unspecified atom stereocenters. The third kappa shape index (κ3) is 6.48. The molecule has 142 valence electrons. The highest BCUT2D eigenvalue weighted by Crippen LogP contribution is 2.19. The molecular weight excluding hydrogens is 340 g/mol. The molecule has 0 saturated heterocycles. The Labute approximate surface area is 160 Å². The van der Waals surface area contributed by atoms with Crippen molar-refractivity contribution in [3.8, 4) is 0 Å². The Morgan fingerprint density at radius 2 is 1.41 bits per heavy atom. The molecule has 0 heterocycles. The fourth-order valence-corrected chi connectivity index (χ4v) is 2.72. The Morgan fingerprint density at radius 1 is 0.852 bits per heavy atom. The van der Waals surface area contributed by atoms with Crippen molar-refractivity contribution in [3.63, 3.8) is 0 Å². The van der Waals surface area contributed by atoms with Crippen molar-refractivity contribution < 1.29 is 19.1 Å². The number of ketones is 2. The van der Waals surface area contributed by atoms with Crippen LogP contribution in [0.4, 0.5) is 0 Å². The minimum atomic E-state index is -0.775. The Bertz CT molecular complexity index is 763. The van der Waals surface area contributed by atoms with Gasteiger partial charge in [0.15, 0.2) is 11.6 Å². The van der Waals surface area contributed by atoms with Crippen LogP contribution in [0.1, 0.15) is 58.9 Å². The van der Waals surface area contributed by atoms with Crippen LogP contribution < -0.4 is 0 Å². The molecule has 0 saturated carbocycles. The third-order valence-corrected chi connectivity index (χ3v) is 4.41. The summed E-state index contributed by atoms with van der Waals surface area (Å²) in [5.74, 6) is -1.57. The Hall–Kier alpha value is -2.75. The van der Waals surface area contributed by atoms with Gasteiger partial charge in [-0.25, -0.2) is 0 Å². The predicted octanol–water partition coefficient (Wildman–Crippen LogP) is 4.80. The van der Waals surface area contributed by atoms with E-state index in [0.717, 1.165) is 18.4 Å². The molecule has 2 aromatic carbocycles. The highest BCUT2D eigenvalue weighted by atomic mass is 16.5. The van der Waals surface area contributed by atoms with E-state index >= 15 is 0 Å². The van der Waals surface area contributed by atoms with Crippen molar-refractivity contribution in [1.82, 2.24) is 0 Å². The topological polar surface area (TPSA) is 60.4 Å². The van der Waals surface area contributed by atoms with Gasteiger partial charge in [-0.05, 0) is 13.3 Å². The van der Waals surface area contributed by atoms with Crippen molar-refractivity contribution in [1.29, 1.82) is 0 Å². The van der Waals surface area contributed by atoms with Crippen LogP contribution in [0.2, 0.25) is 0 Å². The number of carbonyl (C=O) groups is 3. The largest absolute Gasteiger partial charge is 0.465 e. The molecular formula is C23H26O4. The first kappa shape index (κ1) is 20.6. The van der Waals surface area contributed by atoms with Crippen LogP contribution in [0, 0.1) is 12.8 Å². The van der Waals surface area contributed by atoms with E-state index in [1.807, 2.05) is 32.0 Å². The van der Waals surface area contributed by atoms with E-state index in [0.29, 0.717) is 17.7 Å². The quantitative estimate of drug-likeness (QED) is 0.344. The molecule has 0 amide bonds. The first-order valence-corrected chi connectivity index (χ1v) is 9.36. The molecule has 0 aliphatic heterocycles. The number of rotatable bonds is 10. The molecule has 0 fully saturated rings. The number of ether oxygens (including phenoxy) is 1. The van der Waals surface area contributed by atoms with Gasteiger partial charge in [0.1, 0.15) is 0 Å². The maximum absolute atomic E-state index is 12.6. The number of carbonyl (C=O) groups excluding carboxylic acids is 3. The van der Waals surface area contributed by atoms with Gasteiger partial charge in [0.25, 0.3) is 0 Å². The van der Waals surface area contributed by atoms with Crippen molar-refractivity contribution in [2.24, 2.45) is 5.92 Å². The van der Waals surface area contributed by atoms with Crippen LogP contribution >= 0.6 is 0 Å². The minimum Gasteiger partial charge on any atom is -0.465 e. The number of hydrogen-bond acceptors (Lipinski definition) is 4. The first-order chi connectivity index (χ1) is 13.0. The maximum atomic E-state index is 12.6. The number of aryl methyl sites for hydroxylation is 1. The van der Waals surface area contributed by atoms with Gasteiger partial charge in [0, 0.05) is 24.0 Å². The predicted molar refractivity (Wildman–Crippen MR) is 105 cm³/mol. The SMILES string of the molecule is CCCCOC(=O)C(CC(=O)c1ccccc1)CC(=O)c1ccc(C)cc1. The summed E-state index contributed by atoms with van der Waals surface area (Å²) in [6, 6.07) is 16.0. The smallest absolute Gasteiger partial charge is 0.309 e. The second kappa shape index (κ2) is 10.4. The Balaban J connectivity index is 2.10. The zero-order valence-electron chi connectivity index (χ0n) is 15.9. The molecule has 0 aliphatic rings. The first-order valence-electron chi connectivity index (χ1n) is 9.36. The molecule has 4 heteroatoms. The van der Waals surface area contributed by atoms with Gasteiger partial charge >= 0.3 is 5.97 Å². The van der Waals surface area contributed by atoms with Gasteiger partial charge in [0.05, 0.1) is 12.5 Å². The van der Waals surface area contributed by atoms with Crippen LogP contribution in [0.25, 0.3) is 0 Å². The maximum Gasteiger partial charge on any atom is 0.309 e. The second-order valence-electron chi connectivity index (χ2n) is 6.70. The van der Waals surface area contributed by atoms with Crippen LogP contribution in [0.15, 0.2) is 54.6 Å². The molecule has 4 nitrogen and oxygen atoms in total.